The summed E-state index contributed by atoms with van der Waals surface area (Å²) < 4.78 is 33.3. The number of carbonyl (C=O) groups excluding carboxylic acids is 1. The van der Waals surface area contributed by atoms with Crippen LogP contribution in [0.25, 0.3) is 11.3 Å². The molecule has 10 nitrogen and oxygen atoms in total. The normalized spacial score (nSPS) is 11.4. The van der Waals surface area contributed by atoms with Gasteiger partial charge in [0.15, 0.2) is 0 Å². The van der Waals surface area contributed by atoms with Crippen LogP contribution in [-0.2, 0) is 14.8 Å². The van der Waals surface area contributed by atoms with E-state index in [2.05, 4.69) is 10.5 Å². The molecule has 0 bridgehead atoms. The van der Waals surface area contributed by atoms with E-state index >= 15 is 0 Å². The molecule has 11 heteroatoms. The summed E-state index contributed by atoms with van der Waals surface area (Å²) in [7, 11) is -4.02. The molecule has 0 spiro atoms. The van der Waals surface area contributed by atoms with Crippen LogP contribution in [0.5, 0.6) is 0 Å². The molecule has 1 amide bonds. The highest BCUT2D eigenvalue weighted by molar-refractivity contribution is 7.92. The van der Waals surface area contributed by atoms with Crippen LogP contribution in [0.1, 0.15) is 11.3 Å². The molecule has 3 aromatic carbocycles. The van der Waals surface area contributed by atoms with Crippen molar-refractivity contribution in [2.75, 3.05) is 10.8 Å². The van der Waals surface area contributed by atoms with Gasteiger partial charge in [0, 0.05) is 17.7 Å². The second-order valence-electron chi connectivity index (χ2n) is 7.96. The maximum absolute atomic E-state index is 13.3. The van der Waals surface area contributed by atoms with Crippen molar-refractivity contribution >= 4 is 33.5 Å². The lowest BCUT2D eigenvalue weighted by molar-refractivity contribution is -0.384. The number of amides is 1. The smallest absolute Gasteiger partial charge is 0.269 e. The largest absolute Gasteiger partial charge is 0.455 e. The third-order valence-corrected chi connectivity index (χ3v) is 7.07. The first-order valence-corrected chi connectivity index (χ1v) is 12.5. The predicted octanol–water partition coefficient (Wildman–Crippen LogP) is 4.51. The Morgan fingerprint density at radius 2 is 1.76 bits per heavy atom. The standard InChI is InChI=1S/C26H22N4O6S/c1-19-6-5-7-22(16-19)29(37(34,35)24-8-3-2-4-9-24)18-26(31)28-27-17-23-14-15-25(36-23)20-10-12-21(13-11-20)30(32)33/h2-17H,18H2,1H3,(H,28,31)/b27-17-. The first-order valence-electron chi connectivity index (χ1n) is 11.0. The minimum Gasteiger partial charge on any atom is -0.455 e. The van der Waals surface area contributed by atoms with E-state index in [1.165, 1.54) is 30.5 Å². The van der Waals surface area contributed by atoms with Crippen LogP contribution in [0, 0.1) is 17.0 Å². The van der Waals surface area contributed by atoms with Gasteiger partial charge >= 0.3 is 0 Å². The molecule has 0 aliphatic rings. The molecule has 0 aliphatic heterocycles. The number of anilines is 1. The number of nitrogens with one attached hydrogen (secondary N) is 1. The summed E-state index contributed by atoms with van der Waals surface area (Å²) in [5.74, 6) is 0.128. The fourth-order valence-corrected chi connectivity index (χ4v) is 4.91. The summed E-state index contributed by atoms with van der Waals surface area (Å²) in [6, 6.07) is 23.8. The molecule has 0 atom stereocenters. The van der Waals surface area contributed by atoms with Crippen molar-refractivity contribution in [1.82, 2.24) is 5.43 Å². The number of furan rings is 1. The van der Waals surface area contributed by atoms with E-state index in [1.807, 2.05) is 13.0 Å². The number of hydrogen-bond acceptors (Lipinski definition) is 7. The average Bonchev–Trinajstić information content (AvgIpc) is 3.36. The fraction of sp³-hybridized carbons (Fsp3) is 0.0769. The Hall–Kier alpha value is -4.77. The Kier molecular flexibility index (Phi) is 7.44. The average molecular weight is 519 g/mol. The van der Waals surface area contributed by atoms with Gasteiger partial charge in [-0.25, -0.2) is 13.8 Å². The summed E-state index contributed by atoms with van der Waals surface area (Å²) in [6.07, 6.45) is 1.27. The number of carbonyl (C=O) groups is 1. The zero-order valence-electron chi connectivity index (χ0n) is 19.6. The number of non-ortho nitro benzene ring substituents is 1. The third-order valence-electron chi connectivity index (χ3n) is 5.28. The summed E-state index contributed by atoms with van der Waals surface area (Å²) in [5.41, 5.74) is 4.12. The first-order chi connectivity index (χ1) is 17.7. The van der Waals surface area contributed by atoms with Gasteiger partial charge in [0.25, 0.3) is 21.6 Å². The fourth-order valence-electron chi connectivity index (χ4n) is 3.48. The molecule has 0 unspecified atom stereocenters. The number of sulfonamides is 1. The van der Waals surface area contributed by atoms with Gasteiger partial charge in [-0.1, -0.05) is 30.3 Å². The summed E-state index contributed by atoms with van der Waals surface area (Å²) >= 11 is 0. The Morgan fingerprint density at radius 3 is 2.43 bits per heavy atom. The molecule has 0 fully saturated rings. The molecular formula is C26H22N4O6S. The molecule has 1 N–H and O–H groups in total. The summed E-state index contributed by atoms with van der Waals surface area (Å²) in [6.45, 7) is 1.33. The lowest BCUT2D eigenvalue weighted by Crippen LogP contribution is -2.39. The van der Waals surface area contributed by atoms with Gasteiger partial charge in [-0.2, -0.15) is 5.10 Å². The Labute approximate surface area is 213 Å². The number of rotatable bonds is 9. The zero-order chi connectivity index (χ0) is 26.4. The maximum atomic E-state index is 13.3. The first kappa shape index (κ1) is 25.3. The molecule has 0 radical (unpaired) electrons. The zero-order valence-corrected chi connectivity index (χ0v) is 20.5. The molecule has 4 rings (SSSR count). The molecule has 188 valence electrons. The maximum Gasteiger partial charge on any atom is 0.269 e. The van der Waals surface area contributed by atoms with Gasteiger partial charge in [0.2, 0.25) is 0 Å². The van der Waals surface area contributed by atoms with Crippen molar-refractivity contribution in [2.24, 2.45) is 5.10 Å². The number of aryl methyl sites for hydroxylation is 1. The van der Waals surface area contributed by atoms with Crippen LogP contribution in [0.15, 0.2) is 105 Å². The van der Waals surface area contributed by atoms with Gasteiger partial charge in [-0.05, 0) is 61.0 Å². The van der Waals surface area contributed by atoms with Crippen LogP contribution in [0.3, 0.4) is 0 Å². The predicted molar refractivity (Wildman–Crippen MR) is 139 cm³/mol. The number of nitro groups is 1. The summed E-state index contributed by atoms with van der Waals surface area (Å²) in [4.78, 5) is 23.1. The number of nitrogens with zero attached hydrogens (tertiary/aromatic N) is 3. The molecule has 37 heavy (non-hydrogen) atoms. The van der Waals surface area contributed by atoms with Crippen LogP contribution in [0.2, 0.25) is 0 Å². The van der Waals surface area contributed by atoms with Crippen molar-refractivity contribution in [3.63, 3.8) is 0 Å². The SMILES string of the molecule is Cc1cccc(N(CC(=O)N/N=C\c2ccc(-c3ccc([N+](=O)[O-])cc3)o2)S(=O)(=O)c2ccccc2)c1. The van der Waals surface area contributed by atoms with Gasteiger partial charge in [0.1, 0.15) is 18.1 Å². The van der Waals surface area contributed by atoms with Crippen LogP contribution in [-0.4, -0.2) is 32.0 Å². The Bertz CT molecular complexity index is 1550. The van der Waals surface area contributed by atoms with Crippen molar-refractivity contribution < 1.29 is 22.6 Å². The Balaban J connectivity index is 1.47. The van der Waals surface area contributed by atoms with E-state index < -0.39 is 27.4 Å². The van der Waals surface area contributed by atoms with Gasteiger partial charge in [0.05, 0.1) is 21.7 Å². The second-order valence-corrected chi connectivity index (χ2v) is 9.83. The quantitative estimate of drug-likeness (QED) is 0.197. The highest BCUT2D eigenvalue weighted by Gasteiger charge is 2.27. The minimum absolute atomic E-state index is 0.0335. The van der Waals surface area contributed by atoms with Crippen LogP contribution >= 0.6 is 0 Å². The van der Waals surface area contributed by atoms with E-state index in [0.29, 0.717) is 22.8 Å². The van der Waals surface area contributed by atoms with Crippen molar-refractivity contribution in [3.05, 3.63) is 112 Å². The molecule has 0 aliphatic carbocycles. The monoisotopic (exact) mass is 518 g/mol. The molecule has 1 aromatic heterocycles. The third kappa shape index (κ3) is 6.08. The Morgan fingerprint density at radius 1 is 1.03 bits per heavy atom. The second kappa shape index (κ2) is 10.9. The highest BCUT2D eigenvalue weighted by Crippen LogP contribution is 2.25. The molecule has 1 heterocycles. The van der Waals surface area contributed by atoms with Crippen molar-refractivity contribution in [3.8, 4) is 11.3 Å². The lowest BCUT2D eigenvalue weighted by atomic mass is 10.1. The number of hydrogen-bond donors (Lipinski definition) is 1. The lowest BCUT2D eigenvalue weighted by Gasteiger charge is -2.24. The van der Waals surface area contributed by atoms with Crippen LogP contribution in [0.4, 0.5) is 11.4 Å². The van der Waals surface area contributed by atoms with Crippen LogP contribution < -0.4 is 9.73 Å². The van der Waals surface area contributed by atoms with E-state index in [9.17, 15) is 23.3 Å². The molecule has 4 aromatic rings. The highest BCUT2D eigenvalue weighted by atomic mass is 32.2. The van der Waals surface area contributed by atoms with Gasteiger partial charge in [-0.3, -0.25) is 19.2 Å². The van der Waals surface area contributed by atoms with E-state index in [-0.39, 0.29) is 10.6 Å². The van der Waals surface area contributed by atoms with Crippen molar-refractivity contribution in [1.29, 1.82) is 0 Å². The van der Waals surface area contributed by atoms with Gasteiger partial charge < -0.3 is 4.42 Å². The summed E-state index contributed by atoms with van der Waals surface area (Å²) in [5, 5.41) is 14.7. The van der Waals surface area contributed by atoms with E-state index in [0.717, 1.165) is 9.87 Å². The topological polar surface area (TPSA) is 135 Å². The van der Waals surface area contributed by atoms with Crippen molar-refractivity contribution in [2.45, 2.75) is 11.8 Å². The molecular weight excluding hydrogens is 496 g/mol. The molecule has 0 saturated heterocycles. The van der Waals surface area contributed by atoms with E-state index in [4.69, 9.17) is 4.42 Å². The minimum atomic E-state index is -4.02. The number of nitro benzene ring substituents is 1. The number of hydrazone groups is 1. The van der Waals surface area contributed by atoms with Gasteiger partial charge in [-0.15, -0.1) is 0 Å². The number of benzene rings is 3. The van der Waals surface area contributed by atoms with E-state index in [1.54, 1.807) is 60.7 Å². The molecule has 0 saturated carbocycles.